The Morgan fingerprint density at radius 2 is 1.93 bits per heavy atom. The molecule has 0 bridgehead atoms. The van der Waals surface area contributed by atoms with Gasteiger partial charge in [-0.3, -0.25) is 14.5 Å². The molecule has 2 saturated heterocycles. The highest BCUT2D eigenvalue weighted by molar-refractivity contribution is 5.98. The molecule has 2 aliphatic heterocycles. The first kappa shape index (κ1) is 16.8. The molecule has 5 rings (SSSR count). The van der Waals surface area contributed by atoms with E-state index in [4.69, 9.17) is 0 Å². The first-order chi connectivity index (χ1) is 13.1. The van der Waals surface area contributed by atoms with E-state index in [-0.39, 0.29) is 11.8 Å². The molecule has 2 atom stereocenters. The average Bonchev–Trinajstić information content (AvgIpc) is 3.41. The molecule has 6 nitrogen and oxygen atoms in total. The van der Waals surface area contributed by atoms with Crippen molar-refractivity contribution in [3.63, 3.8) is 0 Å². The Hall–Kier alpha value is -2.34. The third kappa shape index (κ3) is 2.57. The smallest absolute Gasteiger partial charge is 0.313 e. The van der Waals surface area contributed by atoms with Crippen molar-refractivity contribution in [1.29, 1.82) is 0 Å². The second-order valence-corrected chi connectivity index (χ2v) is 8.49. The summed E-state index contributed by atoms with van der Waals surface area (Å²) < 4.78 is 0. The number of nitrogens with zero attached hydrogens (tertiary/aromatic N) is 2. The summed E-state index contributed by atoms with van der Waals surface area (Å²) in [4.78, 5) is 32.6. The van der Waals surface area contributed by atoms with Gasteiger partial charge in [-0.2, -0.15) is 0 Å². The summed E-state index contributed by atoms with van der Waals surface area (Å²) in [6.45, 7) is 2.25. The Morgan fingerprint density at radius 3 is 2.67 bits per heavy atom. The summed E-state index contributed by atoms with van der Waals surface area (Å²) in [5.41, 5.74) is 0.825. The number of nitrogens with one attached hydrogen (secondary N) is 1. The number of hydrogen-bond acceptors (Lipinski definition) is 3. The monoisotopic (exact) mass is 367 g/mol. The van der Waals surface area contributed by atoms with Gasteiger partial charge in [0.25, 0.3) is 5.91 Å². The van der Waals surface area contributed by atoms with E-state index in [1.54, 1.807) is 4.90 Å². The predicted octanol–water partition coefficient (Wildman–Crippen LogP) is 2.57. The second kappa shape index (κ2) is 6.09. The quantitative estimate of drug-likeness (QED) is 0.874. The molecular formula is C21H25N3O3. The van der Waals surface area contributed by atoms with E-state index in [1.807, 2.05) is 30.5 Å². The van der Waals surface area contributed by atoms with Crippen molar-refractivity contribution < 1.29 is 14.7 Å². The maximum Gasteiger partial charge on any atom is 0.313 e. The molecule has 2 aromatic rings. The van der Waals surface area contributed by atoms with Crippen LogP contribution in [0.25, 0.3) is 10.9 Å². The van der Waals surface area contributed by atoms with Crippen LogP contribution in [0.2, 0.25) is 0 Å². The van der Waals surface area contributed by atoms with Crippen LogP contribution < -0.4 is 0 Å². The number of carbonyl (C=O) groups excluding carboxylic acids is 1. The van der Waals surface area contributed by atoms with Crippen LogP contribution in [-0.2, 0) is 4.79 Å². The molecule has 0 radical (unpaired) electrons. The van der Waals surface area contributed by atoms with Gasteiger partial charge in [-0.05, 0) is 37.1 Å². The largest absolute Gasteiger partial charge is 0.481 e. The first-order valence-corrected chi connectivity index (χ1v) is 9.91. The minimum Gasteiger partial charge on any atom is -0.481 e. The summed E-state index contributed by atoms with van der Waals surface area (Å²) in [7, 11) is 0. The molecule has 2 N–H and O–H groups in total. The highest BCUT2D eigenvalue weighted by Gasteiger charge is 2.59. The number of H-pyrrole nitrogens is 1. The van der Waals surface area contributed by atoms with Crippen molar-refractivity contribution in [3.05, 3.63) is 36.0 Å². The Kier molecular flexibility index (Phi) is 3.79. The molecule has 1 aliphatic carbocycles. The number of aliphatic carboxylic acids is 1. The molecular weight excluding hydrogens is 342 g/mol. The first-order valence-electron chi connectivity index (χ1n) is 9.91. The van der Waals surface area contributed by atoms with Crippen molar-refractivity contribution in [2.75, 3.05) is 26.2 Å². The summed E-state index contributed by atoms with van der Waals surface area (Å²) in [6, 6.07) is 8.11. The zero-order chi connectivity index (χ0) is 18.6. The second-order valence-electron chi connectivity index (χ2n) is 8.49. The van der Waals surface area contributed by atoms with Crippen LogP contribution in [0, 0.1) is 11.3 Å². The van der Waals surface area contributed by atoms with Gasteiger partial charge in [-0.25, -0.2) is 0 Å². The minimum atomic E-state index is -0.809. The molecule has 1 aromatic heterocycles. The lowest BCUT2D eigenvalue weighted by molar-refractivity contribution is -0.148. The van der Waals surface area contributed by atoms with E-state index in [2.05, 4.69) is 9.88 Å². The van der Waals surface area contributed by atoms with Crippen LogP contribution >= 0.6 is 0 Å². The van der Waals surface area contributed by atoms with E-state index >= 15 is 0 Å². The van der Waals surface area contributed by atoms with Crippen LogP contribution in [0.15, 0.2) is 30.5 Å². The fraction of sp³-hybridized carbons (Fsp3) is 0.524. The minimum absolute atomic E-state index is 0.0236. The van der Waals surface area contributed by atoms with Crippen LogP contribution in [0.5, 0.6) is 0 Å². The molecule has 0 unspecified atom stereocenters. The Bertz CT molecular complexity index is 901. The van der Waals surface area contributed by atoms with Gasteiger partial charge in [0.05, 0.1) is 0 Å². The number of benzene rings is 1. The van der Waals surface area contributed by atoms with Crippen LogP contribution in [0.3, 0.4) is 0 Å². The van der Waals surface area contributed by atoms with Crippen molar-refractivity contribution >= 4 is 22.8 Å². The molecule has 1 aromatic carbocycles. The molecule has 3 fully saturated rings. The van der Waals surface area contributed by atoms with Crippen LogP contribution in [-0.4, -0.2) is 64.0 Å². The predicted molar refractivity (Wildman–Crippen MR) is 102 cm³/mol. The average molecular weight is 367 g/mol. The van der Waals surface area contributed by atoms with Gasteiger partial charge in [-0.15, -0.1) is 0 Å². The van der Waals surface area contributed by atoms with E-state index in [1.165, 1.54) is 25.7 Å². The van der Waals surface area contributed by atoms with E-state index in [9.17, 15) is 14.7 Å². The number of aromatic nitrogens is 1. The van der Waals surface area contributed by atoms with Gasteiger partial charge < -0.3 is 15.0 Å². The normalized spacial score (nSPS) is 28.9. The van der Waals surface area contributed by atoms with Crippen molar-refractivity contribution in [2.45, 2.75) is 31.7 Å². The standard InChI is InChI=1S/C21H25N3O3/c25-19(15-5-6-18-14(9-15)7-8-22-18)24-11-16-10-23(17-3-1-2-4-17)12-21(16,13-24)20(26)27/h5-9,16-17,22H,1-4,10-13H2,(H,26,27)/t16-,21-/m0/s1. The van der Waals surface area contributed by atoms with E-state index < -0.39 is 11.4 Å². The maximum atomic E-state index is 13.1. The third-order valence-corrected chi connectivity index (χ3v) is 6.99. The lowest BCUT2D eigenvalue weighted by atomic mass is 9.81. The maximum absolute atomic E-state index is 13.1. The number of aromatic amines is 1. The fourth-order valence-electron chi connectivity index (χ4n) is 5.48. The number of rotatable bonds is 3. The Labute approximate surface area is 158 Å². The van der Waals surface area contributed by atoms with E-state index in [0.717, 1.165) is 17.4 Å². The number of carbonyl (C=O) groups is 2. The van der Waals surface area contributed by atoms with Crippen molar-refractivity contribution in [3.8, 4) is 0 Å². The molecule has 142 valence electrons. The molecule has 1 saturated carbocycles. The number of carboxylic acids is 1. The lowest BCUT2D eigenvalue weighted by Crippen LogP contribution is -2.43. The van der Waals surface area contributed by atoms with Crippen molar-refractivity contribution in [1.82, 2.24) is 14.8 Å². The Morgan fingerprint density at radius 1 is 1.11 bits per heavy atom. The molecule has 3 heterocycles. The van der Waals surface area contributed by atoms with Gasteiger partial charge >= 0.3 is 5.97 Å². The summed E-state index contributed by atoms with van der Waals surface area (Å²) in [6.07, 6.45) is 6.72. The molecule has 1 amide bonds. The van der Waals surface area contributed by atoms with Crippen molar-refractivity contribution in [2.24, 2.45) is 11.3 Å². The highest BCUT2D eigenvalue weighted by atomic mass is 16.4. The van der Waals surface area contributed by atoms with Crippen LogP contribution in [0.4, 0.5) is 0 Å². The lowest BCUT2D eigenvalue weighted by Gasteiger charge is -2.28. The number of amides is 1. The highest BCUT2D eigenvalue weighted by Crippen LogP contribution is 2.45. The van der Waals surface area contributed by atoms with Gasteiger partial charge in [-0.1, -0.05) is 12.8 Å². The molecule has 0 spiro atoms. The summed E-state index contributed by atoms with van der Waals surface area (Å²) >= 11 is 0. The van der Waals surface area contributed by atoms with E-state index in [0.29, 0.717) is 31.2 Å². The summed E-state index contributed by atoms with van der Waals surface area (Å²) in [5.74, 6) is -0.777. The molecule has 3 aliphatic rings. The number of carboxylic acid groups (broad SMARTS) is 1. The van der Waals surface area contributed by atoms with Gasteiger partial charge in [0.1, 0.15) is 5.41 Å². The molecule has 27 heavy (non-hydrogen) atoms. The fourth-order valence-corrected chi connectivity index (χ4v) is 5.48. The SMILES string of the molecule is O=C(c1ccc2[nH]ccc2c1)N1C[C@@H]2CN(C3CCCC3)C[C@]2(C(=O)O)C1. The van der Waals surface area contributed by atoms with Crippen LogP contribution in [0.1, 0.15) is 36.0 Å². The number of likely N-dealkylation sites (tertiary alicyclic amines) is 2. The van der Waals surface area contributed by atoms with Gasteiger partial charge in [0, 0.05) is 60.8 Å². The zero-order valence-electron chi connectivity index (χ0n) is 15.4. The summed E-state index contributed by atoms with van der Waals surface area (Å²) in [5, 5.41) is 11.1. The Balaban J connectivity index is 1.37. The number of fused-ring (bicyclic) bond motifs is 2. The zero-order valence-corrected chi connectivity index (χ0v) is 15.4. The topological polar surface area (TPSA) is 76.6 Å². The molecule has 6 heteroatoms. The van der Waals surface area contributed by atoms with Gasteiger partial charge in [0.2, 0.25) is 0 Å². The number of hydrogen-bond donors (Lipinski definition) is 2. The van der Waals surface area contributed by atoms with Gasteiger partial charge in [0.15, 0.2) is 0 Å². The third-order valence-electron chi connectivity index (χ3n) is 6.99.